The summed E-state index contributed by atoms with van der Waals surface area (Å²) in [6.07, 6.45) is 4.74. The molecule has 17 heavy (non-hydrogen) atoms. The SMILES string of the molecule is COCCCCCNC(=O)Cn1ccc(N)n1. The van der Waals surface area contributed by atoms with Gasteiger partial charge in [0.05, 0.1) is 0 Å². The van der Waals surface area contributed by atoms with Crippen LogP contribution in [0, 0.1) is 0 Å². The maximum absolute atomic E-state index is 11.5. The summed E-state index contributed by atoms with van der Waals surface area (Å²) in [7, 11) is 1.69. The van der Waals surface area contributed by atoms with Crippen LogP contribution in [0.5, 0.6) is 0 Å². The van der Waals surface area contributed by atoms with Crippen LogP contribution in [0.3, 0.4) is 0 Å². The molecule has 0 unspecified atom stereocenters. The fourth-order valence-electron chi connectivity index (χ4n) is 1.44. The summed E-state index contributed by atoms with van der Waals surface area (Å²) in [5.74, 6) is 0.386. The van der Waals surface area contributed by atoms with Gasteiger partial charge in [-0.25, -0.2) is 0 Å². The number of unbranched alkanes of at least 4 members (excludes halogenated alkanes) is 2. The van der Waals surface area contributed by atoms with Crippen LogP contribution in [0.1, 0.15) is 19.3 Å². The summed E-state index contributed by atoms with van der Waals surface area (Å²) in [5.41, 5.74) is 5.45. The van der Waals surface area contributed by atoms with E-state index in [0.717, 1.165) is 25.9 Å². The zero-order valence-electron chi connectivity index (χ0n) is 10.2. The predicted octanol–water partition coefficient (Wildman–Crippen LogP) is 0.398. The van der Waals surface area contributed by atoms with Gasteiger partial charge in [0.15, 0.2) is 0 Å². The Balaban J connectivity index is 2.05. The Morgan fingerprint density at radius 1 is 1.53 bits per heavy atom. The molecule has 0 saturated carbocycles. The van der Waals surface area contributed by atoms with Gasteiger partial charge in [0.2, 0.25) is 5.91 Å². The Morgan fingerprint density at radius 3 is 3.00 bits per heavy atom. The molecule has 6 heteroatoms. The van der Waals surface area contributed by atoms with Gasteiger partial charge < -0.3 is 15.8 Å². The second kappa shape index (κ2) is 7.67. The molecule has 0 radical (unpaired) electrons. The molecule has 0 spiro atoms. The van der Waals surface area contributed by atoms with Gasteiger partial charge in [0.25, 0.3) is 0 Å². The Kier molecular flexibility index (Phi) is 6.09. The number of nitrogens with zero attached hydrogens (tertiary/aromatic N) is 2. The Hall–Kier alpha value is -1.56. The number of amides is 1. The van der Waals surface area contributed by atoms with Crippen LogP contribution in [0.25, 0.3) is 0 Å². The van der Waals surface area contributed by atoms with Crippen LogP contribution in [0.15, 0.2) is 12.3 Å². The summed E-state index contributed by atoms with van der Waals surface area (Å²) in [5, 5.41) is 6.77. The molecule has 0 saturated heterocycles. The third-order valence-corrected chi connectivity index (χ3v) is 2.31. The lowest BCUT2D eigenvalue weighted by Gasteiger charge is -2.05. The van der Waals surface area contributed by atoms with Crippen molar-refractivity contribution in [2.75, 3.05) is 26.0 Å². The molecule has 1 aromatic rings. The first-order chi connectivity index (χ1) is 8.22. The van der Waals surface area contributed by atoms with Crippen LogP contribution in [-0.2, 0) is 16.1 Å². The van der Waals surface area contributed by atoms with Crippen molar-refractivity contribution in [2.45, 2.75) is 25.8 Å². The third kappa shape index (κ3) is 5.91. The second-order valence-corrected chi connectivity index (χ2v) is 3.84. The van der Waals surface area contributed by atoms with Gasteiger partial charge in [-0.2, -0.15) is 5.10 Å². The number of rotatable bonds is 8. The van der Waals surface area contributed by atoms with Crippen molar-refractivity contribution in [2.24, 2.45) is 0 Å². The molecule has 0 atom stereocenters. The Labute approximate surface area is 101 Å². The van der Waals surface area contributed by atoms with E-state index < -0.39 is 0 Å². The molecule has 96 valence electrons. The van der Waals surface area contributed by atoms with Crippen LogP contribution >= 0.6 is 0 Å². The number of hydrogen-bond acceptors (Lipinski definition) is 4. The fourth-order valence-corrected chi connectivity index (χ4v) is 1.44. The van der Waals surface area contributed by atoms with E-state index >= 15 is 0 Å². The van der Waals surface area contributed by atoms with E-state index in [1.807, 2.05) is 0 Å². The number of nitrogens with one attached hydrogen (secondary N) is 1. The number of anilines is 1. The average molecular weight is 240 g/mol. The number of nitrogens with two attached hydrogens (primary N) is 1. The average Bonchev–Trinajstić information content (AvgIpc) is 2.69. The normalized spacial score (nSPS) is 10.4. The molecule has 1 amide bonds. The second-order valence-electron chi connectivity index (χ2n) is 3.84. The molecule has 0 fully saturated rings. The van der Waals surface area contributed by atoms with E-state index in [4.69, 9.17) is 10.5 Å². The summed E-state index contributed by atoms with van der Waals surface area (Å²) in [6.45, 7) is 1.69. The van der Waals surface area contributed by atoms with Gasteiger partial charge in [0.1, 0.15) is 12.4 Å². The first-order valence-electron chi connectivity index (χ1n) is 5.77. The van der Waals surface area contributed by atoms with Gasteiger partial charge in [-0.3, -0.25) is 9.48 Å². The number of nitrogen functional groups attached to an aromatic ring is 1. The van der Waals surface area contributed by atoms with Gasteiger partial charge in [-0.05, 0) is 25.3 Å². The number of methoxy groups -OCH3 is 1. The molecule has 6 nitrogen and oxygen atoms in total. The van der Waals surface area contributed by atoms with Crippen LogP contribution in [0.4, 0.5) is 5.82 Å². The van der Waals surface area contributed by atoms with Gasteiger partial charge in [-0.1, -0.05) is 0 Å². The summed E-state index contributed by atoms with van der Waals surface area (Å²) >= 11 is 0. The van der Waals surface area contributed by atoms with Crippen LogP contribution in [-0.4, -0.2) is 35.9 Å². The van der Waals surface area contributed by atoms with Crippen LogP contribution in [0.2, 0.25) is 0 Å². The smallest absolute Gasteiger partial charge is 0.241 e. The zero-order chi connectivity index (χ0) is 12.5. The minimum atomic E-state index is -0.0418. The largest absolute Gasteiger partial charge is 0.385 e. The highest BCUT2D eigenvalue weighted by molar-refractivity contribution is 5.75. The lowest BCUT2D eigenvalue weighted by Crippen LogP contribution is -2.28. The summed E-state index contributed by atoms with van der Waals surface area (Å²) in [6, 6.07) is 1.66. The number of hydrogen-bond donors (Lipinski definition) is 2. The fraction of sp³-hybridized carbons (Fsp3) is 0.636. The molecule has 0 bridgehead atoms. The first-order valence-corrected chi connectivity index (χ1v) is 5.77. The maximum Gasteiger partial charge on any atom is 0.241 e. The molecule has 0 aromatic carbocycles. The third-order valence-electron chi connectivity index (χ3n) is 2.31. The number of carbonyl (C=O) groups excluding carboxylic acids is 1. The van der Waals surface area contributed by atoms with Crippen molar-refractivity contribution >= 4 is 11.7 Å². The molecule has 0 aliphatic heterocycles. The number of carbonyl (C=O) groups is 1. The minimum absolute atomic E-state index is 0.0418. The molecular formula is C11H20N4O2. The predicted molar refractivity (Wildman–Crippen MR) is 65.4 cm³/mol. The van der Waals surface area contributed by atoms with Crippen molar-refractivity contribution in [3.63, 3.8) is 0 Å². The minimum Gasteiger partial charge on any atom is -0.385 e. The number of aromatic nitrogens is 2. The Morgan fingerprint density at radius 2 is 2.35 bits per heavy atom. The lowest BCUT2D eigenvalue weighted by molar-refractivity contribution is -0.121. The first kappa shape index (κ1) is 13.5. The highest BCUT2D eigenvalue weighted by Gasteiger charge is 2.02. The standard InChI is InChI=1S/C11H20N4O2/c1-17-8-4-2-3-6-13-11(16)9-15-7-5-10(12)14-15/h5,7H,2-4,6,8-9H2,1H3,(H2,12,14)(H,13,16). The summed E-state index contributed by atoms with van der Waals surface area (Å²) < 4.78 is 6.46. The van der Waals surface area contributed by atoms with E-state index in [1.54, 1.807) is 19.4 Å². The van der Waals surface area contributed by atoms with Crippen molar-refractivity contribution in [1.29, 1.82) is 0 Å². The maximum atomic E-state index is 11.5. The van der Waals surface area contributed by atoms with E-state index in [2.05, 4.69) is 10.4 Å². The number of ether oxygens (including phenoxy) is 1. The van der Waals surface area contributed by atoms with Gasteiger partial charge in [-0.15, -0.1) is 0 Å². The molecule has 0 aliphatic rings. The molecule has 1 heterocycles. The van der Waals surface area contributed by atoms with E-state index in [9.17, 15) is 4.79 Å². The van der Waals surface area contributed by atoms with Crippen molar-refractivity contribution in [1.82, 2.24) is 15.1 Å². The van der Waals surface area contributed by atoms with Gasteiger partial charge in [0, 0.05) is 26.5 Å². The quantitative estimate of drug-likeness (QED) is 0.644. The highest BCUT2D eigenvalue weighted by atomic mass is 16.5. The highest BCUT2D eigenvalue weighted by Crippen LogP contribution is 1.96. The van der Waals surface area contributed by atoms with Crippen molar-refractivity contribution < 1.29 is 9.53 Å². The summed E-state index contributed by atoms with van der Waals surface area (Å²) in [4.78, 5) is 11.5. The van der Waals surface area contributed by atoms with E-state index in [-0.39, 0.29) is 12.5 Å². The molecular weight excluding hydrogens is 220 g/mol. The van der Waals surface area contributed by atoms with E-state index in [0.29, 0.717) is 12.4 Å². The molecule has 1 rings (SSSR count). The molecule has 1 aromatic heterocycles. The van der Waals surface area contributed by atoms with Crippen LogP contribution < -0.4 is 11.1 Å². The van der Waals surface area contributed by atoms with E-state index in [1.165, 1.54) is 4.68 Å². The lowest BCUT2D eigenvalue weighted by atomic mass is 10.2. The van der Waals surface area contributed by atoms with Crippen molar-refractivity contribution in [3.8, 4) is 0 Å². The monoisotopic (exact) mass is 240 g/mol. The zero-order valence-corrected chi connectivity index (χ0v) is 10.2. The molecule has 3 N–H and O–H groups in total. The van der Waals surface area contributed by atoms with Crippen molar-refractivity contribution in [3.05, 3.63) is 12.3 Å². The topological polar surface area (TPSA) is 82.2 Å². The van der Waals surface area contributed by atoms with Gasteiger partial charge >= 0.3 is 0 Å². The Bertz CT molecular complexity index is 338. The molecule has 0 aliphatic carbocycles.